The Balaban J connectivity index is 1.59. The van der Waals surface area contributed by atoms with Crippen LogP contribution in [0.1, 0.15) is 26.7 Å². The van der Waals surface area contributed by atoms with E-state index in [1.807, 2.05) is 29.3 Å². The lowest BCUT2D eigenvalue weighted by Gasteiger charge is -2.31. The van der Waals surface area contributed by atoms with Gasteiger partial charge in [-0.05, 0) is 37.1 Å². The molecule has 22 heavy (non-hydrogen) atoms. The second-order valence-corrected chi connectivity index (χ2v) is 7.86. The van der Waals surface area contributed by atoms with Crippen LogP contribution in [0.2, 0.25) is 0 Å². The minimum Gasteiger partial charge on any atom is -0.410 e. The molecule has 0 bridgehead atoms. The largest absolute Gasteiger partial charge is 0.410 e. The number of nitrogens with zero attached hydrogens (tertiary/aromatic N) is 3. The Kier molecular flexibility index (Phi) is 4.83. The van der Waals surface area contributed by atoms with E-state index in [2.05, 4.69) is 17.1 Å². The monoisotopic (exact) mass is 337 g/mol. The molecule has 3 heterocycles. The Hall–Kier alpha value is -1.34. The highest BCUT2D eigenvalue weighted by Crippen LogP contribution is 2.29. The van der Waals surface area contributed by atoms with E-state index >= 15 is 0 Å². The maximum Gasteiger partial charge on any atom is 0.277 e. The Morgan fingerprint density at radius 1 is 1.45 bits per heavy atom. The lowest BCUT2D eigenvalue weighted by Crippen LogP contribution is -2.41. The standard InChI is InChI=1S/C15H19N3O2S2/c1-10-5-7-18(8-6-10)14(19)11(2)22-15-17-16-13(20-15)12-4-3-9-21-12/h3-4,9-11H,5-8H2,1-2H3. The van der Waals surface area contributed by atoms with Gasteiger partial charge in [0.1, 0.15) is 0 Å². The zero-order chi connectivity index (χ0) is 15.5. The minimum absolute atomic E-state index is 0.160. The molecule has 1 fully saturated rings. The van der Waals surface area contributed by atoms with Crippen molar-refractivity contribution in [1.82, 2.24) is 15.1 Å². The molecule has 1 amide bonds. The summed E-state index contributed by atoms with van der Waals surface area (Å²) in [6.45, 7) is 5.86. The molecule has 2 aromatic rings. The highest BCUT2D eigenvalue weighted by atomic mass is 32.2. The smallest absolute Gasteiger partial charge is 0.277 e. The Bertz CT molecular complexity index is 619. The lowest BCUT2D eigenvalue weighted by molar-refractivity contribution is -0.131. The topological polar surface area (TPSA) is 59.2 Å². The Morgan fingerprint density at radius 2 is 2.23 bits per heavy atom. The molecular weight excluding hydrogens is 318 g/mol. The first-order valence-corrected chi connectivity index (χ1v) is 9.22. The van der Waals surface area contributed by atoms with E-state index in [1.165, 1.54) is 11.8 Å². The molecule has 0 aliphatic carbocycles. The number of carbonyl (C=O) groups excluding carboxylic acids is 1. The molecule has 0 spiro atoms. The second kappa shape index (κ2) is 6.83. The number of hydrogen-bond acceptors (Lipinski definition) is 6. The molecule has 0 aromatic carbocycles. The average Bonchev–Trinajstić information content (AvgIpc) is 3.18. The van der Waals surface area contributed by atoms with Gasteiger partial charge in [0.05, 0.1) is 10.1 Å². The van der Waals surface area contributed by atoms with Crippen LogP contribution in [-0.2, 0) is 4.79 Å². The van der Waals surface area contributed by atoms with Gasteiger partial charge in [-0.25, -0.2) is 0 Å². The van der Waals surface area contributed by atoms with Crippen LogP contribution in [0.25, 0.3) is 10.8 Å². The molecule has 1 saturated heterocycles. The lowest BCUT2D eigenvalue weighted by atomic mass is 9.99. The molecule has 3 rings (SSSR count). The third kappa shape index (κ3) is 3.52. The van der Waals surface area contributed by atoms with E-state index in [-0.39, 0.29) is 11.2 Å². The van der Waals surface area contributed by atoms with Gasteiger partial charge in [0, 0.05) is 13.1 Å². The molecule has 1 aliphatic heterocycles. The van der Waals surface area contributed by atoms with E-state index in [0.717, 1.165) is 36.7 Å². The summed E-state index contributed by atoms with van der Waals surface area (Å²) in [5.41, 5.74) is 0. The molecule has 1 unspecified atom stereocenters. The van der Waals surface area contributed by atoms with Crippen LogP contribution < -0.4 is 0 Å². The van der Waals surface area contributed by atoms with Crippen LogP contribution in [-0.4, -0.2) is 39.3 Å². The van der Waals surface area contributed by atoms with Crippen LogP contribution in [0.5, 0.6) is 0 Å². The van der Waals surface area contributed by atoms with E-state index in [9.17, 15) is 4.79 Å². The number of thioether (sulfide) groups is 1. The van der Waals surface area contributed by atoms with E-state index in [0.29, 0.717) is 11.1 Å². The molecule has 118 valence electrons. The number of hydrogen-bond donors (Lipinski definition) is 0. The predicted octanol–water partition coefficient (Wildman–Crippen LogP) is 3.54. The number of amides is 1. The zero-order valence-corrected chi connectivity index (χ0v) is 14.3. The highest BCUT2D eigenvalue weighted by Gasteiger charge is 2.26. The molecule has 1 aliphatic rings. The average molecular weight is 337 g/mol. The molecule has 2 aromatic heterocycles. The predicted molar refractivity (Wildman–Crippen MR) is 87.9 cm³/mol. The van der Waals surface area contributed by atoms with E-state index in [1.54, 1.807) is 11.3 Å². The molecule has 1 atom stereocenters. The van der Waals surface area contributed by atoms with Gasteiger partial charge in [-0.15, -0.1) is 21.5 Å². The van der Waals surface area contributed by atoms with Gasteiger partial charge in [0.25, 0.3) is 11.1 Å². The van der Waals surface area contributed by atoms with Crippen molar-refractivity contribution >= 4 is 29.0 Å². The van der Waals surface area contributed by atoms with Crippen LogP contribution in [0.4, 0.5) is 0 Å². The molecular formula is C15H19N3O2S2. The maximum absolute atomic E-state index is 12.5. The number of piperidine rings is 1. The number of thiophene rings is 1. The van der Waals surface area contributed by atoms with Gasteiger partial charge < -0.3 is 9.32 Å². The first-order chi connectivity index (χ1) is 10.6. The third-order valence-corrected chi connectivity index (χ3v) is 5.64. The number of carbonyl (C=O) groups is 1. The summed E-state index contributed by atoms with van der Waals surface area (Å²) >= 11 is 2.89. The fourth-order valence-corrected chi connectivity index (χ4v) is 3.86. The zero-order valence-electron chi connectivity index (χ0n) is 12.7. The highest BCUT2D eigenvalue weighted by molar-refractivity contribution is 8.00. The summed E-state index contributed by atoms with van der Waals surface area (Å²) in [7, 11) is 0. The van der Waals surface area contributed by atoms with Crippen molar-refractivity contribution in [2.45, 2.75) is 37.2 Å². The van der Waals surface area contributed by atoms with Crippen LogP contribution >= 0.6 is 23.1 Å². The van der Waals surface area contributed by atoms with E-state index < -0.39 is 0 Å². The Morgan fingerprint density at radius 3 is 2.91 bits per heavy atom. The van der Waals surface area contributed by atoms with Crippen LogP contribution in [0.15, 0.2) is 27.2 Å². The quantitative estimate of drug-likeness (QED) is 0.799. The van der Waals surface area contributed by atoms with Gasteiger partial charge >= 0.3 is 0 Å². The van der Waals surface area contributed by atoms with Crippen molar-refractivity contribution in [3.05, 3.63) is 17.5 Å². The normalized spacial score (nSPS) is 17.6. The summed E-state index contributed by atoms with van der Waals surface area (Å²) < 4.78 is 5.63. The van der Waals surface area contributed by atoms with Gasteiger partial charge in [0.15, 0.2) is 0 Å². The summed E-state index contributed by atoms with van der Waals surface area (Å²) in [6.07, 6.45) is 2.18. The summed E-state index contributed by atoms with van der Waals surface area (Å²) in [5.74, 6) is 1.40. The van der Waals surface area contributed by atoms with Crippen LogP contribution in [0.3, 0.4) is 0 Å². The fraction of sp³-hybridized carbons (Fsp3) is 0.533. The van der Waals surface area contributed by atoms with Crippen molar-refractivity contribution in [2.24, 2.45) is 5.92 Å². The van der Waals surface area contributed by atoms with Crippen molar-refractivity contribution in [3.8, 4) is 10.8 Å². The SMILES string of the molecule is CC1CCN(C(=O)C(C)Sc2nnc(-c3cccs3)o2)CC1. The second-order valence-electron chi connectivity index (χ2n) is 5.62. The van der Waals surface area contributed by atoms with Gasteiger partial charge in [0.2, 0.25) is 5.91 Å². The maximum atomic E-state index is 12.5. The number of aromatic nitrogens is 2. The fourth-order valence-electron chi connectivity index (χ4n) is 2.44. The van der Waals surface area contributed by atoms with Crippen molar-refractivity contribution in [2.75, 3.05) is 13.1 Å². The first-order valence-electron chi connectivity index (χ1n) is 7.46. The Labute approximate surface area is 138 Å². The van der Waals surface area contributed by atoms with Gasteiger partial charge in [-0.2, -0.15) is 0 Å². The number of likely N-dealkylation sites (tertiary alicyclic amines) is 1. The summed E-state index contributed by atoms with van der Waals surface area (Å²) in [5, 5.41) is 10.3. The van der Waals surface area contributed by atoms with Gasteiger partial charge in [-0.3, -0.25) is 4.79 Å². The first kappa shape index (κ1) is 15.6. The molecule has 5 nitrogen and oxygen atoms in total. The van der Waals surface area contributed by atoms with Gasteiger partial charge in [-0.1, -0.05) is 24.8 Å². The van der Waals surface area contributed by atoms with E-state index in [4.69, 9.17) is 4.42 Å². The van der Waals surface area contributed by atoms with Crippen LogP contribution in [0, 0.1) is 5.92 Å². The third-order valence-electron chi connectivity index (χ3n) is 3.86. The van der Waals surface area contributed by atoms with Crippen molar-refractivity contribution in [3.63, 3.8) is 0 Å². The molecule has 0 saturated carbocycles. The van der Waals surface area contributed by atoms with Crippen molar-refractivity contribution < 1.29 is 9.21 Å². The summed E-state index contributed by atoms with van der Waals surface area (Å²) in [4.78, 5) is 15.4. The number of rotatable bonds is 4. The van der Waals surface area contributed by atoms with Crippen molar-refractivity contribution in [1.29, 1.82) is 0 Å². The molecule has 7 heteroatoms. The summed E-state index contributed by atoms with van der Waals surface area (Å²) in [6, 6.07) is 3.89. The molecule has 0 N–H and O–H groups in total. The minimum atomic E-state index is -0.204. The molecule has 0 radical (unpaired) electrons.